The molecule has 0 atom stereocenters. The van der Waals surface area contributed by atoms with Crippen molar-refractivity contribution in [2.45, 2.75) is 6.54 Å². The summed E-state index contributed by atoms with van der Waals surface area (Å²) in [5, 5.41) is 0.520. The second-order valence-corrected chi connectivity index (χ2v) is 7.50. The summed E-state index contributed by atoms with van der Waals surface area (Å²) >= 11 is 6.24. The van der Waals surface area contributed by atoms with Gasteiger partial charge in [0.2, 0.25) is 6.79 Å². The zero-order valence-electron chi connectivity index (χ0n) is 16.5. The predicted molar refractivity (Wildman–Crippen MR) is 116 cm³/mol. The van der Waals surface area contributed by atoms with Gasteiger partial charge in [0, 0.05) is 11.1 Å². The Morgan fingerprint density at radius 2 is 1.87 bits per heavy atom. The van der Waals surface area contributed by atoms with Gasteiger partial charge < -0.3 is 14.2 Å². The van der Waals surface area contributed by atoms with Gasteiger partial charge in [-0.3, -0.25) is 9.13 Å². The number of ether oxygens (including phenoxy) is 3. The van der Waals surface area contributed by atoms with Crippen LogP contribution in [-0.4, -0.2) is 29.0 Å². The number of aromatic nitrogens is 2. The van der Waals surface area contributed by atoms with Crippen molar-refractivity contribution >= 4 is 28.6 Å². The van der Waals surface area contributed by atoms with E-state index in [1.165, 1.54) is 7.11 Å². The fourth-order valence-electron chi connectivity index (χ4n) is 3.75. The van der Waals surface area contributed by atoms with E-state index in [1.54, 1.807) is 57.7 Å². The first-order valence-corrected chi connectivity index (χ1v) is 9.91. The van der Waals surface area contributed by atoms with Crippen LogP contribution in [0.3, 0.4) is 0 Å². The van der Waals surface area contributed by atoms with Gasteiger partial charge in [0.05, 0.1) is 35.9 Å². The minimum atomic E-state index is -0.427. The van der Waals surface area contributed by atoms with Crippen LogP contribution < -0.4 is 15.2 Å². The third kappa shape index (κ3) is 3.33. The molecule has 0 saturated heterocycles. The van der Waals surface area contributed by atoms with Crippen LogP contribution in [0.4, 0.5) is 0 Å². The molecule has 0 unspecified atom stereocenters. The first kappa shape index (κ1) is 19.3. The van der Waals surface area contributed by atoms with Gasteiger partial charge in [-0.15, -0.1) is 0 Å². The van der Waals surface area contributed by atoms with Crippen molar-refractivity contribution < 1.29 is 19.0 Å². The highest BCUT2D eigenvalue weighted by Gasteiger charge is 2.19. The number of esters is 1. The van der Waals surface area contributed by atoms with E-state index < -0.39 is 5.97 Å². The molecule has 0 amide bonds. The highest BCUT2D eigenvalue weighted by atomic mass is 35.5. The molecule has 3 aromatic carbocycles. The Hall–Kier alpha value is -3.71. The van der Waals surface area contributed by atoms with Crippen LogP contribution in [0.1, 0.15) is 15.9 Å². The lowest BCUT2D eigenvalue weighted by molar-refractivity contribution is 0.0600. The molecule has 156 valence electrons. The Labute approximate surface area is 181 Å². The molecule has 1 aliphatic rings. The van der Waals surface area contributed by atoms with E-state index in [4.69, 9.17) is 25.8 Å². The molecule has 2 heterocycles. The number of hydrogen-bond donors (Lipinski definition) is 0. The molecule has 0 saturated carbocycles. The molecule has 0 N–H and O–H groups in total. The number of methoxy groups -OCH3 is 1. The lowest BCUT2D eigenvalue weighted by Crippen LogP contribution is -2.23. The highest BCUT2D eigenvalue weighted by Crippen LogP contribution is 2.34. The lowest BCUT2D eigenvalue weighted by atomic mass is 10.1. The fourth-order valence-corrected chi connectivity index (χ4v) is 3.92. The van der Waals surface area contributed by atoms with Crippen LogP contribution in [0.2, 0.25) is 5.02 Å². The summed E-state index contributed by atoms with van der Waals surface area (Å²) in [5.74, 6) is 0.792. The van der Waals surface area contributed by atoms with E-state index in [0.29, 0.717) is 33.3 Å². The number of rotatable bonds is 4. The number of imidazole rings is 1. The number of fused-ring (bicyclic) bond motifs is 2. The van der Waals surface area contributed by atoms with Crippen molar-refractivity contribution in [3.8, 4) is 17.2 Å². The summed E-state index contributed by atoms with van der Waals surface area (Å²) in [6.07, 6.45) is 0. The number of hydrogen-bond acceptors (Lipinski definition) is 5. The normalized spacial score (nSPS) is 12.3. The minimum Gasteiger partial charge on any atom is -0.465 e. The molecular formula is C23H17ClN2O5. The van der Waals surface area contributed by atoms with Crippen molar-refractivity contribution in [3.63, 3.8) is 0 Å². The van der Waals surface area contributed by atoms with E-state index in [2.05, 4.69) is 0 Å². The molecular weight excluding hydrogens is 420 g/mol. The average molecular weight is 437 g/mol. The van der Waals surface area contributed by atoms with Crippen molar-refractivity contribution in [3.05, 3.63) is 87.3 Å². The standard InChI is InChI=1S/C23H17ClN2O5/c1-29-22(27)15-4-2-3-14(9-15)12-25-18-7-5-16(24)10-19(18)26(23(25)28)17-6-8-20-21(11-17)31-13-30-20/h2-11H,12-13H2,1H3. The molecule has 0 aliphatic carbocycles. The zero-order chi connectivity index (χ0) is 21.5. The van der Waals surface area contributed by atoms with Gasteiger partial charge in [-0.1, -0.05) is 23.7 Å². The highest BCUT2D eigenvalue weighted by molar-refractivity contribution is 6.31. The first-order valence-electron chi connectivity index (χ1n) is 9.53. The Kier molecular flexibility index (Phi) is 4.67. The van der Waals surface area contributed by atoms with Crippen molar-refractivity contribution in [1.82, 2.24) is 9.13 Å². The summed E-state index contributed by atoms with van der Waals surface area (Å²) in [7, 11) is 1.34. The number of carbonyl (C=O) groups excluding carboxylic acids is 1. The summed E-state index contributed by atoms with van der Waals surface area (Å²) in [5.41, 5.74) is 3.01. The molecule has 31 heavy (non-hydrogen) atoms. The molecule has 0 fully saturated rings. The first-order chi connectivity index (χ1) is 15.0. The van der Waals surface area contributed by atoms with Gasteiger partial charge in [-0.2, -0.15) is 0 Å². The smallest absolute Gasteiger partial charge is 0.337 e. The summed E-state index contributed by atoms with van der Waals surface area (Å²) in [6, 6.07) is 17.7. The van der Waals surface area contributed by atoms with Gasteiger partial charge >= 0.3 is 11.7 Å². The van der Waals surface area contributed by atoms with Gasteiger partial charge in [-0.25, -0.2) is 9.59 Å². The number of benzene rings is 3. The Morgan fingerprint density at radius 1 is 1.03 bits per heavy atom. The third-order valence-electron chi connectivity index (χ3n) is 5.19. The average Bonchev–Trinajstić information content (AvgIpc) is 3.35. The maximum atomic E-state index is 13.5. The fraction of sp³-hybridized carbons (Fsp3) is 0.130. The van der Waals surface area contributed by atoms with Gasteiger partial charge in [0.25, 0.3) is 0 Å². The molecule has 7 nitrogen and oxygen atoms in total. The topological polar surface area (TPSA) is 71.7 Å². The van der Waals surface area contributed by atoms with Crippen LogP contribution in [0.5, 0.6) is 11.5 Å². The largest absolute Gasteiger partial charge is 0.465 e. The van der Waals surface area contributed by atoms with Crippen molar-refractivity contribution in [2.75, 3.05) is 13.9 Å². The van der Waals surface area contributed by atoms with E-state index in [1.807, 2.05) is 12.1 Å². The molecule has 0 radical (unpaired) electrons. The molecule has 8 heteroatoms. The maximum Gasteiger partial charge on any atom is 0.337 e. The second kappa shape index (κ2) is 7.52. The SMILES string of the molecule is COC(=O)c1cccc(Cn2c(=O)n(-c3ccc4c(c3)OCO4)c3cc(Cl)ccc32)c1. The minimum absolute atomic E-state index is 0.151. The van der Waals surface area contributed by atoms with Crippen LogP contribution >= 0.6 is 11.6 Å². The molecule has 5 rings (SSSR count). The predicted octanol–water partition coefficient (Wildman–Crippen LogP) is 4.01. The second-order valence-electron chi connectivity index (χ2n) is 7.07. The number of halogens is 1. The monoisotopic (exact) mass is 436 g/mol. The number of carbonyl (C=O) groups is 1. The third-order valence-corrected chi connectivity index (χ3v) is 5.43. The van der Waals surface area contributed by atoms with Crippen LogP contribution in [0.15, 0.2) is 65.5 Å². The molecule has 1 aromatic heterocycles. The van der Waals surface area contributed by atoms with Gasteiger partial charge in [0.15, 0.2) is 11.5 Å². The summed E-state index contributed by atoms with van der Waals surface area (Å²) in [4.78, 5) is 25.4. The molecule has 0 bridgehead atoms. The summed E-state index contributed by atoms with van der Waals surface area (Å²) < 4.78 is 18.9. The van der Waals surface area contributed by atoms with E-state index in [0.717, 1.165) is 11.1 Å². The lowest BCUT2D eigenvalue weighted by Gasteiger charge is -2.06. The number of nitrogens with zero attached hydrogens (tertiary/aromatic N) is 2. The van der Waals surface area contributed by atoms with Crippen molar-refractivity contribution in [1.29, 1.82) is 0 Å². The van der Waals surface area contributed by atoms with Crippen LogP contribution in [-0.2, 0) is 11.3 Å². The van der Waals surface area contributed by atoms with E-state index in [-0.39, 0.29) is 19.0 Å². The van der Waals surface area contributed by atoms with Crippen molar-refractivity contribution in [2.24, 2.45) is 0 Å². The Bertz CT molecular complexity index is 1390. The molecule has 0 spiro atoms. The maximum absolute atomic E-state index is 13.5. The van der Waals surface area contributed by atoms with E-state index >= 15 is 0 Å². The van der Waals surface area contributed by atoms with Crippen LogP contribution in [0, 0.1) is 0 Å². The molecule has 1 aliphatic heterocycles. The van der Waals surface area contributed by atoms with E-state index in [9.17, 15) is 9.59 Å². The van der Waals surface area contributed by atoms with Gasteiger partial charge in [-0.05, 0) is 48.0 Å². The summed E-state index contributed by atoms with van der Waals surface area (Å²) in [6.45, 7) is 0.428. The Morgan fingerprint density at radius 3 is 2.71 bits per heavy atom. The zero-order valence-corrected chi connectivity index (χ0v) is 17.3. The quantitative estimate of drug-likeness (QED) is 0.452. The Balaban J connectivity index is 1.66. The van der Waals surface area contributed by atoms with Crippen LogP contribution in [0.25, 0.3) is 16.7 Å². The molecule has 4 aromatic rings. The van der Waals surface area contributed by atoms with Gasteiger partial charge in [0.1, 0.15) is 0 Å².